The normalized spacial score (nSPS) is 23.1. The summed E-state index contributed by atoms with van der Waals surface area (Å²) in [5.74, 6) is 0.834. The van der Waals surface area contributed by atoms with Crippen molar-refractivity contribution in [3.05, 3.63) is 29.3 Å². The summed E-state index contributed by atoms with van der Waals surface area (Å²) in [7, 11) is 1.80. The molecular formula is C21H32N2O4. The minimum Gasteiger partial charge on any atom is -0.487 e. The van der Waals surface area contributed by atoms with E-state index in [2.05, 4.69) is 11.4 Å². The lowest BCUT2D eigenvalue weighted by Gasteiger charge is -2.40. The maximum Gasteiger partial charge on any atom is 0.317 e. The number of benzene rings is 1. The molecule has 1 fully saturated rings. The first-order valence-electron chi connectivity index (χ1n) is 9.73. The van der Waals surface area contributed by atoms with Gasteiger partial charge in [-0.3, -0.25) is 0 Å². The topological polar surface area (TPSA) is 71.0 Å². The predicted octanol–water partition coefficient (Wildman–Crippen LogP) is 3.03. The molecule has 0 aromatic heterocycles. The Hall–Kier alpha value is -1.79. The number of amides is 2. The first-order valence-corrected chi connectivity index (χ1v) is 9.73. The fraction of sp³-hybridized carbons (Fsp3) is 0.667. The molecule has 0 aliphatic carbocycles. The number of fused-ring (bicyclic) bond motifs is 1. The minimum atomic E-state index is -0.341. The fourth-order valence-corrected chi connectivity index (χ4v) is 4.11. The highest BCUT2D eigenvalue weighted by Gasteiger charge is 2.37. The van der Waals surface area contributed by atoms with E-state index in [0.717, 1.165) is 29.7 Å². The Kier molecular flexibility index (Phi) is 5.68. The molecule has 3 rings (SSSR count). The first kappa shape index (κ1) is 20.0. The molecule has 0 spiro atoms. The molecule has 2 amide bonds. The zero-order chi connectivity index (χ0) is 19.7. The van der Waals surface area contributed by atoms with E-state index >= 15 is 0 Å². The standard InChI is InChI=1S/C21H32N2O4/c1-15-5-6-18-16(11-15)17(12-20(2,3)27-18)22-19(25)23(4)13-21(14-24)7-9-26-10-8-21/h5-6,11,17,24H,7-10,12-14H2,1-4H3,(H,22,25). The van der Waals surface area contributed by atoms with Crippen LogP contribution in [0.1, 0.15) is 50.3 Å². The molecule has 6 heteroatoms. The van der Waals surface area contributed by atoms with E-state index < -0.39 is 0 Å². The summed E-state index contributed by atoms with van der Waals surface area (Å²) in [5, 5.41) is 13.1. The van der Waals surface area contributed by atoms with E-state index in [0.29, 0.717) is 26.2 Å². The molecule has 0 bridgehead atoms. The summed E-state index contributed by atoms with van der Waals surface area (Å²) in [5.41, 5.74) is 1.56. The van der Waals surface area contributed by atoms with Gasteiger partial charge in [-0.05, 0) is 39.7 Å². The predicted molar refractivity (Wildman–Crippen MR) is 104 cm³/mol. The van der Waals surface area contributed by atoms with E-state index in [1.165, 1.54) is 0 Å². The van der Waals surface area contributed by atoms with Crippen molar-refractivity contribution >= 4 is 6.03 Å². The summed E-state index contributed by atoms with van der Waals surface area (Å²) in [6, 6.07) is 5.88. The zero-order valence-electron chi connectivity index (χ0n) is 16.9. The van der Waals surface area contributed by atoms with Crippen LogP contribution in [0.25, 0.3) is 0 Å². The molecule has 1 atom stereocenters. The van der Waals surface area contributed by atoms with Crippen LogP contribution in [0.15, 0.2) is 18.2 Å². The van der Waals surface area contributed by atoms with Gasteiger partial charge < -0.3 is 24.8 Å². The first-order chi connectivity index (χ1) is 12.7. The van der Waals surface area contributed by atoms with Crippen molar-refractivity contribution in [2.24, 2.45) is 5.41 Å². The summed E-state index contributed by atoms with van der Waals surface area (Å²) in [4.78, 5) is 14.6. The number of aliphatic hydroxyl groups is 1. The van der Waals surface area contributed by atoms with Gasteiger partial charge in [-0.1, -0.05) is 17.7 Å². The lowest BCUT2D eigenvalue weighted by Crippen LogP contribution is -2.49. The van der Waals surface area contributed by atoms with Gasteiger partial charge in [-0.2, -0.15) is 0 Å². The molecular weight excluding hydrogens is 344 g/mol. The van der Waals surface area contributed by atoms with Gasteiger partial charge in [0.05, 0.1) is 12.6 Å². The molecule has 2 aliphatic rings. The summed E-state index contributed by atoms with van der Waals surface area (Å²) < 4.78 is 11.5. The van der Waals surface area contributed by atoms with Crippen LogP contribution in [-0.4, -0.2) is 55.1 Å². The quantitative estimate of drug-likeness (QED) is 0.847. The second kappa shape index (κ2) is 7.68. The molecule has 2 aliphatic heterocycles. The Labute approximate surface area is 161 Å². The van der Waals surface area contributed by atoms with Crippen LogP contribution in [0.3, 0.4) is 0 Å². The van der Waals surface area contributed by atoms with Crippen molar-refractivity contribution in [2.75, 3.05) is 33.4 Å². The monoisotopic (exact) mass is 376 g/mol. The van der Waals surface area contributed by atoms with Gasteiger partial charge in [-0.25, -0.2) is 4.79 Å². The third-order valence-electron chi connectivity index (χ3n) is 5.73. The Morgan fingerprint density at radius 1 is 1.33 bits per heavy atom. The number of rotatable bonds is 4. The summed E-state index contributed by atoms with van der Waals surface area (Å²) >= 11 is 0. The van der Waals surface area contributed by atoms with Gasteiger partial charge in [-0.15, -0.1) is 0 Å². The number of urea groups is 1. The van der Waals surface area contributed by atoms with Crippen LogP contribution < -0.4 is 10.1 Å². The smallest absolute Gasteiger partial charge is 0.317 e. The Morgan fingerprint density at radius 3 is 2.70 bits per heavy atom. The average Bonchev–Trinajstić information content (AvgIpc) is 2.62. The molecule has 1 saturated heterocycles. The van der Waals surface area contributed by atoms with Gasteiger partial charge in [0, 0.05) is 44.2 Å². The van der Waals surface area contributed by atoms with Gasteiger partial charge in [0.1, 0.15) is 11.4 Å². The molecule has 27 heavy (non-hydrogen) atoms. The highest BCUT2D eigenvalue weighted by Crippen LogP contribution is 2.40. The van der Waals surface area contributed by atoms with Crippen LogP contribution in [0, 0.1) is 12.3 Å². The minimum absolute atomic E-state index is 0.0697. The number of nitrogens with zero attached hydrogens (tertiary/aromatic N) is 1. The largest absolute Gasteiger partial charge is 0.487 e. The average molecular weight is 376 g/mol. The molecule has 0 saturated carbocycles. The Balaban J connectivity index is 1.72. The molecule has 1 unspecified atom stereocenters. The Morgan fingerprint density at radius 2 is 2.04 bits per heavy atom. The number of carbonyl (C=O) groups is 1. The molecule has 6 nitrogen and oxygen atoms in total. The van der Waals surface area contributed by atoms with Crippen molar-refractivity contribution in [2.45, 2.75) is 51.7 Å². The molecule has 150 valence electrons. The van der Waals surface area contributed by atoms with Crippen molar-refractivity contribution in [1.29, 1.82) is 0 Å². The molecule has 1 aromatic rings. The van der Waals surface area contributed by atoms with Crippen molar-refractivity contribution in [3.63, 3.8) is 0 Å². The van der Waals surface area contributed by atoms with Crippen LogP contribution in [-0.2, 0) is 4.74 Å². The van der Waals surface area contributed by atoms with Gasteiger partial charge in [0.25, 0.3) is 0 Å². The second-order valence-corrected chi connectivity index (χ2v) is 8.74. The maximum absolute atomic E-state index is 12.9. The number of aliphatic hydroxyl groups excluding tert-OH is 1. The number of hydrogen-bond donors (Lipinski definition) is 2. The lowest BCUT2D eigenvalue weighted by atomic mass is 9.80. The number of ether oxygens (including phenoxy) is 2. The Bertz CT molecular complexity index is 683. The van der Waals surface area contributed by atoms with Crippen molar-refractivity contribution in [1.82, 2.24) is 10.2 Å². The number of hydrogen-bond acceptors (Lipinski definition) is 4. The molecule has 0 radical (unpaired) electrons. The number of aryl methyl sites for hydroxylation is 1. The van der Waals surface area contributed by atoms with E-state index in [-0.39, 0.29) is 29.7 Å². The van der Waals surface area contributed by atoms with E-state index in [1.807, 2.05) is 32.9 Å². The third-order valence-corrected chi connectivity index (χ3v) is 5.73. The zero-order valence-corrected chi connectivity index (χ0v) is 16.9. The highest BCUT2D eigenvalue weighted by molar-refractivity contribution is 5.74. The number of carbonyl (C=O) groups excluding carboxylic acids is 1. The number of nitrogens with one attached hydrogen (secondary N) is 1. The molecule has 2 N–H and O–H groups in total. The third kappa shape index (κ3) is 4.55. The summed E-state index contributed by atoms with van der Waals surface area (Å²) in [6.07, 6.45) is 2.25. The van der Waals surface area contributed by atoms with Gasteiger partial charge in [0.2, 0.25) is 0 Å². The van der Waals surface area contributed by atoms with E-state index in [9.17, 15) is 9.90 Å². The summed E-state index contributed by atoms with van der Waals surface area (Å²) in [6.45, 7) is 7.99. The van der Waals surface area contributed by atoms with Crippen molar-refractivity contribution in [3.8, 4) is 5.75 Å². The van der Waals surface area contributed by atoms with Crippen LogP contribution >= 0.6 is 0 Å². The van der Waals surface area contributed by atoms with E-state index in [4.69, 9.17) is 9.47 Å². The lowest BCUT2D eigenvalue weighted by molar-refractivity contribution is -0.0263. The highest BCUT2D eigenvalue weighted by atomic mass is 16.5. The van der Waals surface area contributed by atoms with Crippen molar-refractivity contribution < 1.29 is 19.4 Å². The van der Waals surface area contributed by atoms with E-state index in [1.54, 1.807) is 11.9 Å². The maximum atomic E-state index is 12.9. The SMILES string of the molecule is Cc1ccc2c(c1)C(NC(=O)N(C)CC1(CO)CCOCC1)CC(C)(C)O2. The fourth-order valence-electron chi connectivity index (χ4n) is 4.11. The van der Waals surface area contributed by atoms with Gasteiger partial charge in [0.15, 0.2) is 0 Å². The molecule has 1 aromatic carbocycles. The van der Waals surface area contributed by atoms with Crippen LogP contribution in [0.5, 0.6) is 5.75 Å². The molecule has 2 heterocycles. The van der Waals surface area contributed by atoms with Crippen LogP contribution in [0.2, 0.25) is 0 Å². The van der Waals surface area contributed by atoms with Crippen LogP contribution in [0.4, 0.5) is 4.79 Å². The second-order valence-electron chi connectivity index (χ2n) is 8.74. The van der Waals surface area contributed by atoms with Gasteiger partial charge >= 0.3 is 6.03 Å².